The van der Waals surface area contributed by atoms with E-state index in [-0.39, 0.29) is 11.8 Å². The van der Waals surface area contributed by atoms with Gasteiger partial charge in [0, 0.05) is 12.6 Å². The summed E-state index contributed by atoms with van der Waals surface area (Å²) >= 11 is 0. The van der Waals surface area contributed by atoms with Crippen LogP contribution in [0.3, 0.4) is 0 Å². The molecule has 0 aliphatic carbocycles. The zero-order valence-electron chi connectivity index (χ0n) is 11.7. The maximum atomic E-state index is 13.6. The number of nitrogens with two attached hydrogens (primary N) is 1. The van der Waals surface area contributed by atoms with Crippen LogP contribution in [0, 0.1) is 19.7 Å². The number of nitrogens with zero attached hydrogens (tertiary/aromatic N) is 2. The predicted octanol–water partition coefficient (Wildman–Crippen LogP) is 2.44. The first-order valence-electron chi connectivity index (χ1n) is 6.17. The lowest BCUT2D eigenvalue weighted by atomic mass is 10.1. The quantitative estimate of drug-likeness (QED) is 0.897. The molecule has 20 heavy (non-hydrogen) atoms. The van der Waals surface area contributed by atoms with Crippen molar-refractivity contribution in [3.05, 3.63) is 40.7 Å². The summed E-state index contributed by atoms with van der Waals surface area (Å²) in [5.74, 6) is 0.931. The van der Waals surface area contributed by atoms with Crippen molar-refractivity contribution in [3.63, 3.8) is 0 Å². The summed E-state index contributed by atoms with van der Waals surface area (Å²) in [6, 6.07) is 5.26. The van der Waals surface area contributed by atoms with E-state index in [1.54, 1.807) is 32.0 Å². The number of nitrogens with one attached hydrogen (secondary N) is 1. The minimum Gasteiger partial charge on any atom is -0.481 e. The van der Waals surface area contributed by atoms with E-state index in [0.717, 1.165) is 5.56 Å². The molecule has 0 saturated carbocycles. The van der Waals surface area contributed by atoms with Crippen molar-refractivity contribution >= 4 is 11.8 Å². The predicted molar refractivity (Wildman–Crippen MR) is 76.2 cm³/mol. The molecule has 1 heterocycles. The van der Waals surface area contributed by atoms with Gasteiger partial charge in [-0.3, -0.25) is 0 Å². The summed E-state index contributed by atoms with van der Waals surface area (Å²) in [4.78, 5) is 7.96. The van der Waals surface area contributed by atoms with E-state index in [1.165, 1.54) is 7.11 Å². The van der Waals surface area contributed by atoms with Gasteiger partial charge in [-0.15, -0.1) is 0 Å². The fourth-order valence-electron chi connectivity index (χ4n) is 1.97. The second-order valence-electron chi connectivity index (χ2n) is 4.55. The summed E-state index contributed by atoms with van der Waals surface area (Å²) in [7, 11) is 1.51. The summed E-state index contributed by atoms with van der Waals surface area (Å²) in [6.45, 7) is 4.01. The highest BCUT2D eigenvalue weighted by molar-refractivity contribution is 5.43. The Bertz CT molecular complexity index is 608. The molecule has 1 aromatic carbocycles. The molecule has 2 aromatic rings. The van der Waals surface area contributed by atoms with Crippen molar-refractivity contribution in [3.8, 4) is 5.88 Å². The number of anilines is 2. The van der Waals surface area contributed by atoms with Gasteiger partial charge in [0.25, 0.3) is 0 Å². The molecular weight excluding hydrogens is 259 g/mol. The van der Waals surface area contributed by atoms with Gasteiger partial charge >= 0.3 is 0 Å². The molecule has 0 aliphatic heterocycles. The molecule has 0 radical (unpaired) electrons. The average molecular weight is 276 g/mol. The fraction of sp³-hybridized carbons (Fsp3) is 0.286. The number of hydrogen-bond donors (Lipinski definition) is 2. The minimum atomic E-state index is -0.165. The van der Waals surface area contributed by atoms with E-state index in [9.17, 15) is 4.39 Å². The molecule has 2 rings (SSSR count). The molecule has 0 amide bonds. The molecule has 0 unspecified atom stereocenters. The van der Waals surface area contributed by atoms with Gasteiger partial charge in [-0.1, -0.05) is 12.1 Å². The van der Waals surface area contributed by atoms with Crippen molar-refractivity contribution in [2.45, 2.75) is 20.4 Å². The highest BCUT2D eigenvalue weighted by Crippen LogP contribution is 2.18. The largest absolute Gasteiger partial charge is 0.481 e. The molecule has 0 saturated heterocycles. The third-order valence-corrected chi connectivity index (χ3v) is 2.90. The van der Waals surface area contributed by atoms with Gasteiger partial charge in [0.2, 0.25) is 11.8 Å². The van der Waals surface area contributed by atoms with Crippen LogP contribution in [0.1, 0.15) is 16.7 Å². The molecule has 6 heteroatoms. The van der Waals surface area contributed by atoms with Crippen molar-refractivity contribution in [2.75, 3.05) is 18.2 Å². The Morgan fingerprint density at radius 2 is 1.85 bits per heavy atom. The molecule has 106 valence electrons. The number of ether oxygens (including phenoxy) is 1. The number of methoxy groups -OCH3 is 1. The van der Waals surface area contributed by atoms with Crippen molar-refractivity contribution in [1.82, 2.24) is 9.97 Å². The Labute approximate surface area is 117 Å². The number of rotatable bonds is 4. The van der Waals surface area contributed by atoms with Crippen LogP contribution in [-0.2, 0) is 6.54 Å². The van der Waals surface area contributed by atoms with Crippen molar-refractivity contribution < 1.29 is 9.13 Å². The maximum Gasteiger partial charge on any atom is 0.225 e. The molecule has 1 aromatic heterocycles. The van der Waals surface area contributed by atoms with E-state index < -0.39 is 0 Å². The third-order valence-electron chi connectivity index (χ3n) is 2.90. The summed E-state index contributed by atoms with van der Waals surface area (Å²) < 4.78 is 18.6. The second-order valence-corrected chi connectivity index (χ2v) is 4.55. The van der Waals surface area contributed by atoms with Crippen LogP contribution in [0.25, 0.3) is 0 Å². The number of halogens is 1. The van der Waals surface area contributed by atoms with Crippen LogP contribution >= 0.6 is 0 Å². The Morgan fingerprint density at radius 3 is 2.45 bits per heavy atom. The van der Waals surface area contributed by atoms with E-state index in [0.29, 0.717) is 29.4 Å². The van der Waals surface area contributed by atoms with Crippen LogP contribution in [-0.4, -0.2) is 17.1 Å². The van der Waals surface area contributed by atoms with Crippen LogP contribution in [0.5, 0.6) is 5.88 Å². The average Bonchev–Trinajstić information content (AvgIpc) is 2.41. The Hall–Kier alpha value is -2.37. The highest BCUT2D eigenvalue weighted by atomic mass is 19.1. The first-order chi connectivity index (χ1) is 9.49. The van der Waals surface area contributed by atoms with E-state index >= 15 is 0 Å². The van der Waals surface area contributed by atoms with Gasteiger partial charge in [-0.25, -0.2) is 4.39 Å². The monoisotopic (exact) mass is 276 g/mol. The van der Waals surface area contributed by atoms with Crippen LogP contribution in [0.15, 0.2) is 18.2 Å². The number of aryl methyl sites for hydroxylation is 2. The lowest BCUT2D eigenvalue weighted by Gasteiger charge is -2.10. The van der Waals surface area contributed by atoms with Crippen LogP contribution < -0.4 is 15.8 Å². The normalized spacial score (nSPS) is 10.4. The van der Waals surface area contributed by atoms with E-state index in [4.69, 9.17) is 10.5 Å². The molecule has 3 N–H and O–H groups in total. The Kier molecular flexibility index (Phi) is 4.02. The van der Waals surface area contributed by atoms with E-state index in [1.807, 2.05) is 0 Å². The molecule has 0 spiro atoms. The summed E-state index contributed by atoms with van der Waals surface area (Å²) in [5.41, 5.74) is 7.80. The molecule has 0 fully saturated rings. The highest BCUT2D eigenvalue weighted by Gasteiger charge is 2.06. The number of benzene rings is 1. The first-order valence-corrected chi connectivity index (χ1v) is 6.17. The topological polar surface area (TPSA) is 73.1 Å². The van der Waals surface area contributed by atoms with Crippen molar-refractivity contribution in [1.29, 1.82) is 0 Å². The standard InChI is InChI=1S/C14H17FN4O/c1-8-4-10(5-9(2)13(8)15)7-17-11-6-12(20-3)19-14(16)18-11/h4-6H,7H2,1-3H3,(H3,16,17,18,19). The first kappa shape index (κ1) is 14.0. The Balaban J connectivity index is 2.14. The second kappa shape index (κ2) is 5.73. The van der Waals surface area contributed by atoms with Crippen LogP contribution in [0.2, 0.25) is 0 Å². The molecular formula is C14H17FN4O. The summed E-state index contributed by atoms with van der Waals surface area (Å²) in [5, 5.41) is 3.12. The number of nitrogen functional groups attached to an aromatic ring is 1. The van der Waals surface area contributed by atoms with Gasteiger partial charge < -0.3 is 15.8 Å². The number of hydrogen-bond acceptors (Lipinski definition) is 5. The SMILES string of the molecule is COc1cc(NCc2cc(C)c(F)c(C)c2)nc(N)n1. The van der Waals surface area contributed by atoms with Gasteiger partial charge in [0.1, 0.15) is 11.6 Å². The Morgan fingerprint density at radius 1 is 1.20 bits per heavy atom. The molecule has 0 aliphatic rings. The molecule has 0 atom stereocenters. The van der Waals surface area contributed by atoms with Gasteiger partial charge in [0.15, 0.2) is 0 Å². The fourth-order valence-corrected chi connectivity index (χ4v) is 1.97. The lowest BCUT2D eigenvalue weighted by Crippen LogP contribution is -2.06. The third kappa shape index (κ3) is 3.14. The molecule has 0 bridgehead atoms. The smallest absolute Gasteiger partial charge is 0.225 e. The van der Waals surface area contributed by atoms with Crippen LogP contribution in [0.4, 0.5) is 16.2 Å². The molecule has 5 nitrogen and oxygen atoms in total. The van der Waals surface area contributed by atoms with Crippen molar-refractivity contribution in [2.24, 2.45) is 0 Å². The zero-order chi connectivity index (χ0) is 14.7. The van der Waals surface area contributed by atoms with Gasteiger partial charge in [0.05, 0.1) is 7.11 Å². The summed E-state index contributed by atoms with van der Waals surface area (Å²) in [6.07, 6.45) is 0. The lowest BCUT2D eigenvalue weighted by molar-refractivity contribution is 0.398. The maximum absolute atomic E-state index is 13.6. The van der Waals surface area contributed by atoms with Gasteiger partial charge in [-0.2, -0.15) is 9.97 Å². The zero-order valence-corrected chi connectivity index (χ0v) is 11.7. The van der Waals surface area contributed by atoms with E-state index in [2.05, 4.69) is 15.3 Å². The number of aromatic nitrogens is 2. The van der Waals surface area contributed by atoms with Gasteiger partial charge in [-0.05, 0) is 30.5 Å². The minimum absolute atomic E-state index is 0.137.